The summed E-state index contributed by atoms with van der Waals surface area (Å²) in [5, 5.41) is 5.85. The minimum atomic E-state index is -4.36. The van der Waals surface area contributed by atoms with Crippen LogP contribution in [0.15, 0.2) is 12.1 Å². The molecule has 1 aromatic rings. The second-order valence-electron chi connectivity index (χ2n) is 5.92. The van der Waals surface area contributed by atoms with Crippen LogP contribution >= 0.6 is 0 Å². The lowest BCUT2D eigenvalue weighted by Crippen LogP contribution is -2.13. The van der Waals surface area contributed by atoms with Crippen LogP contribution in [0.2, 0.25) is 0 Å². The summed E-state index contributed by atoms with van der Waals surface area (Å²) in [7, 11) is 0. The summed E-state index contributed by atoms with van der Waals surface area (Å²) in [4.78, 5) is 4.16. The second-order valence-corrected chi connectivity index (χ2v) is 5.92. The molecule has 20 heavy (non-hydrogen) atoms. The smallest absolute Gasteiger partial charge is 0.370 e. The number of rotatable bonds is 5. The average molecular weight is 287 g/mol. The second kappa shape index (κ2) is 5.14. The molecule has 0 radical (unpaired) electrons. The van der Waals surface area contributed by atoms with E-state index in [1.54, 1.807) is 0 Å². The zero-order valence-electron chi connectivity index (χ0n) is 11.9. The van der Waals surface area contributed by atoms with Crippen LogP contribution in [-0.4, -0.2) is 18.1 Å². The van der Waals surface area contributed by atoms with E-state index in [0.29, 0.717) is 24.4 Å². The Morgan fingerprint density at radius 2 is 1.80 bits per heavy atom. The molecule has 1 heterocycles. The van der Waals surface area contributed by atoms with Gasteiger partial charge in [-0.1, -0.05) is 13.8 Å². The third kappa shape index (κ3) is 3.55. The number of nitrogens with one attached hydrogen (secondary N) is 2. The van der Waals surface area contributed by atoms with Gasteiger partial charge in [0.25, 0.3) is 0 Å². The van der Waals surface area contributed by atoms with E-state index < -0.39 is 11.7 Å². The highest BCUT2D eigenvalue weighted by molar-refractivity contribution is 5.50. The van der Waals surface area contributed by atoms with Gasteiger partial charge in [-0.15, -0.1) is 0 Å². The predicted molar refractivity (Wildman–Crippen MR) is 73.8 cm³/mol. The van der Waals surface area contributed by atoms with Crippen molar-refractivity contribution in [2.75, 3.05) is 23.7 Å². The summed E-state index contributed by atoms with van der Waals surface area (Å²) in [6, 6.07) is 2.10. The van der Waals surface area contributed by atoms with Crippen LogP contribution < -0.4 is 10.6 Å². The zero-order chi connectivity index (χ0) is 15.0. The lowest BCUT2D eigenvalue weighted by Gasteiger charge is -2.13. The van der Waals surface area contributed by atoms with Gasteiger partial charge in [0.05, 0.1) is 5.56 Å². The van der Waals surface area contributed by atoms with Gasteiger partial charge in [-0.05, 0) is 36.8 Å². The van der Waals surface area contributed by atoms with Crippen molar-refractivity contribution >= 4 is 11.6 Å². The number of hydrogen-bond donors (Lipinski definition) is 2. The SMILES string of the molecule is CCNc1cc(C(F)(F)F)cc(NCC2CC2(C)C)n1. The van der Waals surface area contributed by atoms with Gasteiger partial charge in [0.15, 0.2) is 0 Å². The Morgan fingerprint density at radius 1 is 1.25 bits per heavy atom. The van der Waals surface area contributed by atoms with Crippen LogP contribution in [0, 0.1) is 11.3 Å². The summed E-state index contributed by atoms with van der Waals surface area (Å²) in [6.07, 6.45) is -3.26. The van der Waals surface area contributed by atoms with Crippen molar-refractivity contribution in [3.63, 3.8) is 0 Å². The van der Waals surface area contributed by atoms with E-state index in [9.17, 15) is 13.2 Å². The first-order chi connectivity index (χ1) is 9.22. The maximum absolute atomic E-state index is 12.8. The number of hydrogen-bond acceptors (Lipinski definition) is 3. The molecule has 1 saturated carbocycles. The van der Waals surface area contributed by atoms with E-state index in [0.717, 1.165) is 18.6 Å². The highest BCUT2D eigenvalue weighted by Crippen LogP contribution is 2.51. The molecule has 1 atom stereocenters. The van der Waals surface area contributed by atoms with Crippen LogP contribution in [0.5, 0.6) is 0 Å². The van der Waals surface area contributed by atoms with E-state index in [1.165, 1.54) is 0 Å². The molecule has 0 spiro atoms. The van der Waals surface area contributed by atoms with Crippen LogP contribution in [0.3, 0.4) is 0 Å². The standard InChI is InChI=1S/C14H20F3N3/c1-4-18-11-5-9(14(15,16)17)6-12(20-11)19-8-10-7-13(10,2)3/h5-6,10H,4,7-8H2,1-3H3,(H2,18,19,20). The van der Waals surface area contributed by atoms with Gasteiger partial charge in [0, 0.05) is 13.1 Å². The van der Waals surface area contributed by atoms with Crippen molar-refractivity contribution < 1.29 is 13.2 Å². The molecule has 1 aliphatic carbocycles. The first-order valence-electron chi connectivity index (χ1n) is 6.79. The van der Waals surface area contributed by atoms with E-state index in [2.05, 4.69) is 29.5 Å². The molecular formula is C14H20F3N3. The van der Waals surface area contributed by atoms with Crippen LogP contribution in [0.25, 0.3) is 0 Å². The zero-order valence-corrected chi connectivity index (χ0v) is 11.9. The van der Waals surface area contributed by atoms with E-state index in [4.69, 9.17) is 0 Å². The fraction of sp³-hybridized carbons (Fsp3) is 0.643. The Hall–Kier alpha value is -1.46. The quantitative estimate of drug-likeness (QED) is 0.859. The number of alkyl halides is 3. The molecule has 3 nitrogen and oxygen atoms in total. The van der Waals surface area contributed by atoms with Crippen molar-refractivity contribution in [1.29, 1.82) is 0 Å². The van der Waals surface area contributed by atoms with Crippen molar-refractivity contribution in [3.8, 4) is 0 Å². The Balaban J connectivity index is 2.12. The summed E-state index contributed by atoms with van der Waals surface area (Å²) in [5.74, 6) is 1.03. The lowest BCUT2D eigenvalue weighted by molar-refractivity contribution is -0.137. The van der Waals surface area contributed by atoms with Gasteiger partial charge in [0.2, 0.25) is 0 Å². The van der Waals surface area contributed by atoms with Gasteiger partial charge >= 0.3 is 6.18 Å². The minimum Gasteiger partial charge on any atom is -0.370 e. The summed E-state index contributed by atoms with van der Waals surface area (Å²) < 4.78 is 38.5. The molecule has 1 unspecified atom stereocenters. The molecule has 0 bridgehead atoms. The molecule has 0 aromatic carbocycles. The molecule has 2 rings (SSSR count). The highest BCUT2D eigenvalue weighted by Gasteiger charge is 2.45. The van der Waals surface area contributed by atoms with Gasteiger partial charge in [-0.3, -0.25) is 0 Å². The number of pyridine rings is 1. The Labute approximate surface area is 117 Å². The third-order valence-corrected chi connectivity index (χ3v) is 3.76. The molecule has 1 aliphatic rings. The van der Waals surface area contributed by atoms with Crippen molar-refractivity contribution in [2.45, 2.75) is 33.4 Å². The van der Waals surface area contributed by atoms with Crippen molar-refractivity contribution in [3.05, 3.63) is 17.7 Å². The number of nitrogens with zero attached hydrogens (tertiary/aromatic N) is 1. The summed E-state index contributed by atoms with van der Waals surface area (Å²) >= 11 is 0. The lowest BCUT2D eigenvalue weighted by atomic mass is 10.1. The largest absolute Gasteiger partial charge is 0.416 e. The molecule has 6 heteroatoms. The van der Waals surface area contributed by atoms with Crippen LogP contribution in [0.1, 0.15) is 32.8 Å². The molecule has 1 fully saturated rings. The van der Waals surface area contributed by atoms with Gasteiger partial charge < -0.3 is 10.6 Å². The van der Waals surface area contributed by atoms with Crippen molar-refractivity contribution in [1.82, 2.24) is 4.98 Å². The number of aromatic nitrogens is 1. The molecular weight excluding hydrogens is 267 g/mol. The van der Waals surface area contributed by atoms with E-state index >= 15 is 0 Å². The van der Waals surface area contributed by atoms with E-state index in [1.807, 2.05) is 6.92 Å². The number of anilines is 2. The third-order valence-electron chi connectivity index (χ3n) is 3.76. The van der Waals surface area contributed by atoms with E-state index in [-0.39, 0.29) is 11.6 Å². The Bertz CT molecular complexity index is 483. The Kier molecular flexibility index (Phi) is 3.84. The average Bonchev–Trinajstić information content (AvgIpc) is 2.94. The first-order valence-corrected chi connectivity index (χ1v) is 6.79. The van der Waals surface area contributed by atoms with Gasteiger partial charge in [-0.2, -0.15) is 13.2 Å². The molecule has 0 aliphatic heterocycles. The fourth-order valence-electron chi connectivity index (χ4n) is 2.21. The van der Waals surface area contributed by atoms with Crippen molar-refractivity contribution in [2.24, 2.45) is 11.3 Å². The minimum absolute atomic E-state index is 0.250. The van der Waals surface area contributed by atoms with Crippen LogP contribution in [0.4, 0.5) is 24.8 Å². The maximum atomic E-state index is 12.8. The van der Waals surface area contributed by atoms with Gasteiger partial charge in [-0.25, -0.2) is 4.98 Å². The Morgan fingerprint density at radius 3 is 2.25 bits per heavy atom. The summed E-state index contributed by atoms with van der Waals surface area (Å²) in [6.45, 7) is 7.32. The fourth-order valence-corrected chi connectivity index (χ4v) is 2.21. The molecule has 1 aromatic heterocycles. The topological polar surface area (TPSA) is 37.0 Å². The monoisotopic (exact) mass is 287 g/mol. The number of halogens is 3. The van der Waals surface area contributed by atoms with Gasteiger partial charge in [0.1, 0.15) is 11.6 Å². The first kappa shape index (κ1) is 14.9. The predicted octanol–water partition coefficient (Wildman–Crippen LogP) is 3.99. The molecule has 0 amide bonds. The summed E-state index contributed by atoms with van der Waals surface area (Å²) in [5.41, 5.74) is -0.389. The maximum Gasteiger partial charge on any atom is 0.416 e. The molecule has 2 N–H and O–H groups in total. The highest BCUT2D eigenvalue weighted by atomic mass is 19.4. The molecule has 112 valence electrons. The normalized spacial score (nSPS) is 20.6. The van der Waals surface area contributed by atoms with Crippen LogP contribution in [-0.2, 0) is 6.18 Å². The molecule has 0 saturated heterocycles.